The van der Waals surface area contributed by atoms with E-state index >= 15 is 0 Å². The number of nitrogens with zero attached hydrogens (tertiary/aromatic N) is 16. The van der Waals surface area contributed by atoms with Crippen LogP contribution in [0.4, 0.5) is 16.7 Å². The van der Waals surface area contributed by atoms with Crippen LogP contribution < -0.4 is 35.9 Å². The van der Waals surface area contributed by atoms with Crippen molar-refractivity contribution in [2.45, 2.75) is 166 Å². The summed E-state index contributed by atoms with van der Waals surface area (Å²) in [5.41, 5.74) is 11.3. The van der Waals surface area contributed by atoms with Crippen LogP contribution in [0.25, 0.3) is 39.1 Å². The molecule has 0 atom stereocenters. The van der Waals surface area contributed by atoms with E-state index in [-0.39, 0.29) is 128 Å². The summed E-state index contributed by atoms with van der Waals surface area (Å²) in [6, 6.07) is 49.8. The lowest BCUT2D eigenvalue weighted by atomic mass is 9.97. The number of amides is 4. The number of anilines is 2. The van der Waals surface area contributed by atoms with Crippen LogP contribution >= 0.6 is 0 Å². The van der Waals surface area contributed by atoms with Gasteiger partial charge in [-0.3, -0.25) is 39.3 Å². The average Bonchev–Trinajstić information content (AvgIpc) is 1.63. The molecule has 13 rings (SSSR count). The number of rotatable bonds is 24. The van der Waals surface area contributed by atoms with Gasteiger partial charge in [0.15, 0.2) is 33.8 Å². The van der Waals surface area contributed by atoms with Crippen molar-refractivity contribution in [3.8, 4) is 23.6 Å². The van der Waals surface area contributed by atoms with Crippen LogP contribution in [0.15, 0.2) is 219 Å². The minimum absolute atomic E-state index is 0.0368. The number of urea groups is 1. The first-order chi connectivity index (χ1) is 55.4. The highest BCUT2D eigenvalue weighted by Crippen LogP contribution is 2.29. The molecule has 0 unspecified atom stereocenters. The predicted molar refractivity (Wildman–Crippen MR) is 447 cm³/mol. The largest absolute Gasteiger partial charge is 0.475 e. The fourth-order valence-corrected chi connectivity index (χ4v) is 11.3. The van der Waals surface area contributed by atoms with E-state index in [1.807, 2.05) is 228 Å². The summed E-state index contributed by atoms with van der Waals surface area (Å²) in [5, 5.41) is 16.9. The molecule has 1 aliphatic rings. The maximum Gasteiger partial charge on any atom is 0.348 e. The van der Waals surface area contributed by atoms with Crippen LogP contribution in [-0.2, 0) is 46.7 Å². The second kappa shape index (κ2) is 40.7. The molecule has 4 amide bonds. The number of nitriles is 1. The van der Waals surface area contributed by atoms with E-state index in [1.165, 1.54) is 6.33 Å². The zero-order valence-corrected chi connectivity index (χ0v) is 68.0. The van der Waals surface area contributed by atoms with Gasteiger partial charge in [0.05, 0.1) is 67.5 Å². The number of aromatic nitrogens is 14. The molecular weight excluding hydrogens is 1470 g/mol. The van der Waals surface area contributed by atoms with Crippen LogP contribution in [0, 0.1) is 16.7 Å². The van der Waals surface area contributed by atoms with Gasteiger partial charge >= 0.3 is 17.7 Å². The normalized spacial score (nSPS) is 11.8. The molecule has 0 saturated carbocycles. The Labute approximate surface area is 674 Å². The van der Waals surface area contributed by atoms with E-state index in [4.69, 9.17) is 19.5 Å². The number of hydrogen-bond donors (Lipinski definition) is 3. The third kappa shape index (κ3) is 24.2. The van der Waals surface area contributed by atoms with Crippen molar-refractivity contribution in [2.75, 3.05) is 17.2 Å². The number of carbonyl (C=O) groups excluding carboxylic acids is 5. The lowest BCUT2D eigenvalue weighted by Gasteiger charge is -2.28. The summed E-state index contributed by atoms with van der Waals surface area (Å²) in [5.74, 6) is 0.566. The van der Waals surface area contributed by atoms with Gasteiger partial charge in [0.1, 0.15) is 30.8 Å². The van der Waals surface area contributed by atoms with Crippen molar-refractivity contribution in [1.29, 1.82) is 5.26 Å². The number of nitrogens with one attached hydrogen (secondary N) is 3. The lowest BCUT2D eigenvalue weighted by Crippen LogP contribution is -2.43. The van der Waals surface area contributed by atoms with Crippen molar-refractivity contribution in [3.05, 3.63) is 263 Å². The summed E-state index contributed by atoms with van der Waals surface area (Å²) in [7, 11) is 0. The number of imidazole rings is 3. The number of ether oxygens (including phenoxy) is 3. The van der Waals surface area contributed by atoms with Gasteiger partial charge in [0.25, 0.3) is 0 Å². The van der Waals surface area contributed by atoms with Gasteiger partial charge in [-0.1, -0.05) is 147 Å². The van der Waals surface area contributed by atoms with E-state index in [1.54, 1.807) is 67.5 Å². The summed E-state index contributed by atoms with van der Waals surface area (Å²) in [6.07, 6.45) is 11.7. The van der Waals surface area contributed by atoms with Crippen molar-refractivity contribution < 1.29 is 38.2 Å². The van der Waals surface area contributed by atoms with Crippen LogP contribution in [0.1, 0.15) is 172 Å². The lowest BCUT2D eigenvalue weighted by molar-refractivity contribution is -0.143. The number of allylic oxidation sites excluding steroid dienone is 2. The third-order valence-corrected chi connectivity index (χ3v) is 17.7. The van der Waals surface area contributed by atoms with E-state index in [2.05, 4.69) is 92.8 Å². The zero-order chi connectivity index (χ0) is 83.8. The molecule has 0 spiro atoms. The Bertz CT molecular complexity index is 5530. The van der Waals surface area contributed by atoms with Crippen molar-refractivity contribution in [3.63, 3.8) is 0 Å². The topological polar surface area (TPSA) is 342 Å². The Morgan fingerprint density at radius 1 is 0.534 bits per heavy atom. The smallest absolute Gasteiger partial charge is 0.348 e. The van der Waals surface area contributed by atoms with Gasteiger partial charge in [-0.05, 0) is 149 Å². The number of fused-ring (bicyclic) bond motifs is 3. The van der Waals surface area contributed by atoms with Gasteiger partial charge in [0, 0.05) is 60.3 Å². The van der Waals surface area contributed by atoms with Gasteiger partial charge in [0.2, 0.25) is 35.5 Å². The van der Waals surface area contributed by atoms with Gasteiger partial charge in [-0.2, -0.15) is 30.2 Å². The van der Waals surface area contributed by atoms with E-state index < -0.39 is 5.41 Å². The summed E-state index contributed by atoms with van der Waals surface area (Å²) >= 11 is 0. The highest BCUT2D eigenvalue weighted by atomic mass is 16.5. The highest BCUT2D eigenvalue weighted by molar-refractivity contribution is 5.99. The Balaban J connectivity index is 0.000000173. The second-order valence-corrected chi connectivity index (χ2v) is 29.6. The molecule has 600 valence electrons. The number of ketones is 1. The summed E-state index contributed by atoms with van der Waals surface area (Å²) in [4.78, 5) is 118. The fraction of sp³-hybridized carbons (Fsp3) is 0.307. The first-order valence-electron chi connectivity index (χ1n) is 38.1. The Kier molecular flexibility index (Phi) is 30.2. The van der Waals surface area contributed by atoms with Gasteiger partial charge in [-0.15, -0.1) is 0 Å². The van der Waals surface area contributed by atoms with E-state index in [9.17, 15) is 28.8 Å². The highest BCUT2D eigenvalue weighted by Gasteiger charge is 2.26. The van der Waals surface area contributed by atoms with E-state index in [0.29, 0.717) is 57.0 Å². The third-order valence-electron chi connectivity index (χ3n) is 17.7. The number of carbonyl (C=O) groups is 5. The Morgan fingerprint density at radius 3 is 1.50 bits per heavy atom. The molecule has 5 aromatic carbocycles. The SMILES string of the molecule is C=C(Cc1ccn(C(C)C)c(=O)n1)c1ccccc1.C=C1NC(=O)N(C(C)C)C=C1C.CC(C)n1cnc2c(CC(=O)c3ccccc3)ncnc21.CC(C)n1cnc2c(OCCC#N)nc(NC(=O)Cc3ccccc3)nc21.CC(C)n1cnc2c(OCc3ccc(OC(=O)C(C)(C)C)cc3)nc(NC(=O)Cc3ccccc3)nc21. The van der Waals surface area contributed by atoms with Gasteiger partial charge < -0.3 is 33.2 Å². The molecule has 0 aliphatic carbocycles. The number of hydrogen-bond acceptors (Lipinski definition) is 20. The van der Waals surface area contributed by atoms with Gasteiger partial charge in [-0.25, -0.2) is 34.5 Å². The average molecular weight is 1570 g/mol. The molecule has 3 N–H and O–H groups in total. The molecule has 0 saturated heterocycles. The van der Waals surface area contributed by atoms with E-state index in [0.717, 1.165) is 44.7 Å². The van der Waals surface area contributed by atoms with Crippen molar-refractivity contribution in [2.24, 2.45) is 5.41 Å². The molecular formula is C88H99N19O9. The van der Waals surface area contributed by atoms with Crippen LogP contribution in [0.5, 0.6) is 17.5 Å². The quantitative estimate of drug-likeness (QED) is 0.0219. The number of benzene rings is 5. The summed E-state index contributed by atoms with van der Waals surface area (Å²) in [6.45, 7) is 35.6. The minimum atomic E-state index is -0.590. The van der Waals surface area contributed by atoms with Crippen LogP contribution in [0.2, 0.25) is 0 Å². The maximum atomic E-state index is 12.6. The summed E-state index contributed by atoms with van der Waals surface area (Å²) < 4.78 is 24.4. The molecule has 0 fully saturated rings. The first kappa shape index (κ1) is 86.3. The molecule has 0 radical (unpaired) electrons. The number of esters is 1. The van der Waals surface area contributed by atoms with Crippen LogP contribution in [-0.4, -0.2) is 115 Å². The second-order valence-electron chi connectivity index (χ2n) is 29.6. The molecule has 8 heterocycles. The molecule has 7 aromatic heterocycles. The molecule has 28 nitrogen and oxygen atoms in total. The predicted octanol–water partition coefficient (Wildman–Crippen LogP) is 15.7. The van der Waals surface area contributed by atoms with Crippen molar-refractivity contribution >= 4 is 80.6 Å². The monoisotopic (exact) mass is 1570 g/mol. The molecule has 0 bridgehead atoms. The fourth-order valence-electron chi connectivity index (χ4n) is 11.3. The van der Waals surface area contributed by atoms with Crippen molar-refractivity contribution in [1.82, 2.24) is 78.3 Å². The standard InChI is InChI=1S/C28H31N5O4.C19H20N6O2.C16H16N4O.C16H18N2O.C9H14N2O/c1-18(2)33-17-29-23-24(33)31-27(30-22(34)15-19-9-7-6-8-10-19)32-25(23)36-16-20-11-13-21(14-12-20)37-26(35)28(3,4)5;1-13(2)25-12-21-16-17(25)23-19(24-18(16)27-10-6-9-20)22-15(26)11-14-7-4-3-5-8-14;1-11(2)20-10-19-15-13(17-9-18-16(15)20)8-14(21)12-6-4-3-5-7-12;1-12(2)18-10-9-15(17-16(18)19)11-13(3)14-7-5-4-6-8-14;1-6(2)11-5-7(3)8(4)10-9(11)12/h6-14,17-18H,15-16H2,1-5H3,(H,30,31,32,34);3-5,7-8,12-13H,6,10-11H2,1-2H3,(H,22,23,24,26);3-7,9-11H,8H2,1-2H3;4-10,12H,3,11H2,1-2H3;5-6H,4H2,1-3H3,(H,10,12). The first-order valence-corrected chi connectivity index (χ1v) is 38.1. The van der Waals surface area contributed by atoms with Crippen LogP contribution in [0.3, 0.4) is 0 Å². The zero-order valence-electron chi connectivity index (χ0n) is 68.0. The maximum absolute atomic E-state index is 12.6. The molecule has 28 heteroatoms. The minimum Gasteiger partial charge on any atom is -0.475 e. The molecule has 1 aliphatic heterocycles. The number of Topliss-reactive ketones (excluding diaryl/α,β-unsaturated/α-hetero) is 1. The molecule has 12 aromatic rings. The Morgan fingerprint density at radius 2 is 1.02 bits per heavy atom. The Hall–Kier alpha value is -13.7. The molecule has 116 heavy (non-hydrogen) atoms.